The van der Waals surface area contributed by atoms with Gasteiger partial charge in [0.25, 0.3) is 5.91 Å². The van der Waals surface area contributed by atoms with Crippen molar-refractivity contribution in [2.45, 2.75) is 25.3 Å². The number of nitrogens with zero attached hydrogens (tertiary/aromatic N) is 1. The zero-order valence-electron chi connectivity index (χ0n) is 10.7. The van der Waals surface area contributed by atoms with Crippen LogP contribution in [0, 0.1) is 0 Å². The molecule has 0 unspecified atom stereocenters. The molecule has 0 radical (unpaired) electrons. The number of nitrogen functional groups attached to an aromatic ring is 1. The smallest absolute Gasteiger partial charge is 0.253 e. The summed E-state index contributed by atoms with van der Waals surface area (Å²) in [7, 11) is 0. The van der Waals surface area contributed by atoms with E-state index in [1.807, 2.05) is 24.3 Å². The van der Waals surface area contributed by atoms with Gasteiger partial charge in [-0.3, -0.25) is 4.79 Å². The molecule has 0 spiro atoms. The Morgan fingerprint density at radius 2 is 2.00 bits per heavy atom. The number of aromatic nitrogens is 1. The SMILES string of the molecule is CC1(NC(=O)c2cnc(NN)c3ccccc23)CC1. The predicted octanol–water partition coefficient (Wildman–Crippen LogP) is 1.80. The van der Waals surface area contributed by atoms with E-state index in [0.717, 1.165) is 23.6 Å². The van der Waals surface area contributed by atoms with Crippen LogP contribution < -0.4 is 16.6 Å². The molecule has 19 heavy (non-hydrogen) atoms. The first-order valence-corrected chi connectivity index (χ1v) is 6.30. The normalized spacial score (nSPS) is 16.1. The van der Waals surface area contributed by atoms with Crippen molar-refractivity contribution in [2.75, 3.05) is 5.43 Å². The Morgan fingerprint density at radius 1 is 1.32 bits per heavy atom. The van der Waals surface area contributed by atoms with Crippen LogP contribution in [0.1, 0.15) is 30.1 Å². The number of benzene rings is 1. The van der Waals surface area contributed by atoms with Crippen LogP contribution in [-0.4, -0.2) is 16.4 Å². The fourth-order valence-corrected chi connectivity index (χ4v) is 2.14. The summed E-state index contributed by atoms with van der Waals surface area (Å²) in [6.45, 7) is 2.05. The summed E-state index contributed by atoms with van der Waals surface area (Å²) in [5.41, 5.74) is 3.10. The lowest BCUT2D eigenvalue weighted by molar-refractivity contribution is 0.0937. The fourth-order valence-electron chi connectivity index (χ4n) is 2.14. The van der Waals surface area contributed by atoms with Crippen LogP contribution in [0.3, 0.4) is 0 Å². The number of hydrogen-bond acceptors (Lipinski definition) is 4. The van der Waals surface area contributed by atoms with Crippen LogP contribution >= 0.6 is 0 Å². The van der Waals surface area contributed by atoms with Gasteiger partial charge in [0, 0.05) is 17.1 Å². The molecule has 3 rings (SSSR count). The van der Waals surface area contributed by atoms with Crippen LogP contribution in [-0.2, 0) is 0 Å². The Balaban J connectivity index is 2.06. The summed E-state index contributed by atoms with van der Waals surface area (Å²) in [5, 5.41) is 4.75. The van der Waals surface area contributed by atoms with Gasteiger partial charge in [-0.15, -0.1) is 0 Å². The number of nitrogens with one attached hydrogen (secondary N) is 2. The van der Waals surface area contributed by atoms with Gasteiger partial charge in [0.15, 0.2) is 0 Å². The zero-order chi connectivity index (χ0) is 13.5. The van der Waals surface area contributed by atoms with Crippen molar-refractivity contribution >= 4 is 22.5 Å². The molecule has 98 valence electrons. The quantitative estimate of drug-likeness (QED) is 0.578. The van der Waals surface area contributed by atoms with Gasteiger partial charge in [0.2, 0.25) is 0 Å². The summed E-state index contributed by atoms with van der Waals surface area (Å²) < 4.78 is 0. The maximum atomic E-state index is 12.3. The van der Waals surface area contributed by atoms with Crippen molar-refractivity contribution in [3.8, 4) is 0 Å². The molecule has 1 aliphatic rings. The third-order valence-electron chi connectivity index (χ3n) is 3.59. The van der Waals surface area contributed by atoms with Gasteiger partial charge < -0.3 is 10.7 Å². The molecule has 0 aliphatic heterocycles. The summed E-state index contributed by atoms with van der Waals surface area (Å²) in [4.78, 5) is 16.5. The number of nitrogens with two attached hydrogens (primary N) is 1. The van der Waals surface area contributed by atoms with Gasteiger partial charge in [-0.25, -0.2) is 10.8 Å². The minimum atomic E-state index is -0.0766. The molecule has 5 nitrogen and oxygen atoms in total. The van der Waals surface area contributed by atoms with E-state index in [-0.39, 0.29) is 11.4 Å². The van der Waals surface area contributed by atoms with E-state index < -0.39 is 0 Å². The second-order valence-electron chi connectivity index (χ2n) is 5.23. The maximum Gasteiger partial charge on any atom is 0.253 e. The molecule has 1 amide bonds. The van der Waals surface area contributed by atoms with Gasteiger partial charge in [0.1, 0.15) is 5.82 Å². The summed E-state index contributed by atoms with van der Waals surface area (Å²) in [5.74, 6) is 5.94. The van der Waals surface area contributed by atoms with E-state index in [0.29, 0.717) is 11.4 Å². The Labute approximate surface area is 111 Å². The Kier molecular flexibility index (Phi) is 2.64. The fraction of sp³-hybridized carbons (Fsp3) is 0.286. The molecular formula is C14H16N4O. The second-order valence-corrected chi connectivity index (χ2v) is 5.23. The number of rotatable bonds is 3. The molecule has 1 heterocycles. The summed E-state index contributed by atoms with van der Waals surface area (Å²) >= 11 is 0. The predicted molar refractivity (Wildman–Crippen MR) is 74.7 cm³/mol. The van der Waals surface area contributed by atoms with E-state index in [1.165, 1.54) is 0 Å². The van der Waals surface area contributed by atoms with Gasteiger partial charge in [-0.1, -0.05) is 24.3 Å². The highest BCUT2D eigenvalue weighted by molar-refractivity contribution is 6.09. The molecule has 1 aromatic carbocycles. The second kappa shape index (κ2) is 4.20. The number of hydrogen-bond donors (Lipinski definition) is 3. The molecule has 1 aliphatic carbocycles. The van der Waals surface area contributed by atoms with Crippen LogP contribution in [0.2, 0.25) is 0 Å². The molecule has 4 N–H and O–H groups in total. The van der Waals surface area contributed by atoms with Crippen molar-refractivity contribution < 1.29 is 4.79 Å². The van der Waals surface area contributed by atoms with Gasteiger partial charge >= 0.3 is 0 Å². The zero-order valence-corrected chi connectivity index (χ0v) is 10.7. The number of carbonyl (C=O) groups excluding carboxylic acids is 1. The van der Waals surface area contributed by atoms with Crippen LogP contribution in [0.5, 0.6) is 0 Å². The Bertz CT molecular complexity index is 649. The summed E-state index contributed by atoms with van der Waals surface area (Å²) in [6.07, 6.45) is 3.64. The standard InChI is InChI=1S/C14H16N4O/c1-14(6-7-14)17-13(19)11-8-16-12(18-15)10-5-3-2-4-9(10)11/h2-5,8H,6-7,15H2,1H3,(H,16,18)(H,17,19). The number of hydrazine groups is 1. The van der Waals surface area contributed by atoms with Crippen LogP contribution in [0.25, 0.3) is 10.8 Å². The third kappa shape index (κ3) is 2.13. The minimum Gasteiger partial charge on any atom is -0.347 e. The highest BCUT2D eigenvalue weighted by atomic mass is 16.1. The largest absolute Gasteiger partial charge is 0.347 e. The van der Waals surface area contributed by atoms with Gasteiger partial charge in [-0.2, -0.15) is 0 Å². The topological polar surface area (TPSA) is 80.0 Å². The lowest BCUT2D eigenvalue weighted by Crippen LogP contribution is -2.34. The molecule has 1 fully saturated rings. The molecule has 1 saturated carbocycles. The Morgan fingerprint density at radius 3 is 2.63 bits per heavy atom. The first-order chi connectivity index (χ1) is 9.13. The van der Waals surface area contributed by atoms with Crippen molar-refractivity contribution in [2.24, 2.45) is 5.84 Å². The van der Waals surface area contributed by atoms with E-state index >= 15 is 0 Å². The first kappa shape index (κ1) is 11.9. The minimum absolute atomic E-state index is 0.0387. The third-order valence-corrected chi connectivity index (χ3v) is 3.59. The highest BCUT2D eigenvalue weighted by Gasteiger charge is 2.39. The van der Waals surface area contributed by atoms with Gasteiger partial charge in [-0.05, 0) is 25.2 Å². The van der Waals surface area contributed by atoms with Crippen LogP contribution in [0.4, 0.5) is 5.82 Å². The average Bonchev–Trinajstić information content (AvgIpc) is 3.14. The number of pyridine rings is 1. The Hall–Kier alpha value is -2.14. The van der Waals surface area contributed by atoms with Crippen molar-refractivity contribution in [1.82, 2.24) is 10.3 Å². The number of amides is 1. The molecule has 0 atom stereocenters. The first-order valence-electron chi connectivity index (χ1n) is 6.30. The summed E-state index contributed by atoms with van der Waals surface area (Å²) in [6, 6.07) is 7.60. The molecule has 1 aromatic heterocycles. The molecule has 2 aromatic rings. The van der Waals surface area contributed by atoms with Crippen molar-refractivity contribution in [1.29, 1.82) is 0 Å². The van der Waals surface area contributed by atoms with Crippen molar-refractivity contribution in [3.05, 3.63) is 36.0 Å². The molecule has 0 saturated heterocycles. The van der Waals surface area contributed by atoms with E-state index in [9.17, 15) is 4.79 Å². The van der Waals surface area contributed by atoms with E-state index in [4.69, 9.17) is 5.84 Å². The van der Waals surface area contributed by atoms with Crippen molar-refractivity contribution in [3.63, 3.8) is 0 Å². The maximum absolute atomic E-state index is 12.3. The van der Waals surface area contributed by atoms with E-state index in [1.54, 1.807) is 6.20 Å². The monoisotopic (exact) mass is 256 g/mol. The highest BCUT2D eigenvalue weighted by Crippen LogP contribution is 2.35. The number of carbonyl (C=O) groups is 1. The average molecular weight is 256 g/mol. The molecular weight excluding hydrogens is 240 g/mol. The lowest BCUT2D eigenvalue weighted by atomic mass is 10.1. The number of fused-ring (bicyclic) bond motifs is 1. The van der Waals surface area contributed by atoms with E-state index in [2.05, 4.69) is 22.7 Å². The van der Waals surface area contributed by atoms with Gasteiger partial charge in [0.05, 0.1) is 5.56 Å². The molecule has 0 bridgehead atoms. The lowest BCUT2D eigenvalue weighted by Gasteiger charge is -2.13. The van der Waals surface area contributed by atoms with Crippen LogP contribution in [0.15, 0.2) is 30.5 Å². The molecule has 5 heteroatoms. The number of anilines is 1.